The first-order chi connectivity index (χ1) is 13.8. The van der Waals surface area contributed by atoms with Gasteiger partial charge in [0.1, 0.15) is 19.0 Å². The molecule has 0 saturated carbocycles. The average Bonchev–Trinajstić information content (AvgIpc) is 2.75. The van der Waals surface area contributed by atoms with Crippen LogP contribution in [0.25, 0.3) is 0 Å². The predicted molar refractivity (Wildman–Crippen MR) is 112 cm³/mol. The Morgan fingerprint density at radius 2 is 1.32 bits per heavy atom. The lowest BCUT2D eigenvalue weighted by Crippen LogP contribution is -2.32. The molecule has 144 valence electrons. The van der Waals surface area contributed by atoms with Gasteiger partial charge >= 0.3 is 6.09 Å². The number of rotatable bonds is 9. The van der Waals surface area contributed by atoms with Gasteiger partial charge in [-0.3, -0.25) is 5.32 Å². The highest BCUT2D eigenvalue weighted by Gasteiger charge is 2.09. The molecule has 0 unspecified atom stereocenters. The summed E-state index contributed by atoms with van der Waals surface area (Å²) in [6.45, 7) is 2.07. The van der Waals surface area contributed by atoms with Gasteiger partial charge in [-0.25, -0.2) is 4.79 Å². The van der Waals surface area contributed by atoms with Crippen LogP contribution in [0.15, 0.2) is 91.0 Å². The molecule has 5 heteroatoms. The van der Waals surface area contributed by atoms with Crippen LogP contribution in [-0.4, -0.2) is 32.4 Å². The van der Waals surface area contributed by atoms with E-state index in [1.54, 1.807) is 0 Å². The third kappa shape index (κ3) is 6.36. The molecule has 0 aliphatic heterocycles. The molecule has 0 aliphatic carbocycles. The first-order valence-corrected chi connectivity index (χ1v) is 9.28. The van der Waals surface area contributed by atoms with E-state index in [4.69, 9.17) is 9.47 Å². The average molecular weight is 376 g/mol. The summed E-state index contributed by atoms with van der Waals surface area (Å²) in [5.41, 5.74) is 1.77. The maximum atomic E-state index is 12.0. The highest BCUT2D eigenvalue weighted by Crippen LogP contribution is 2.14. The second kappa shape index (κ2) is 10.6. The summed E-state index contributed by atoms with van der Waals surface area (Å²) in [5, 5.41) is 2.72. The van der Waals surface area contributed by atoms with Crippen molar-refractivity contribution in [3.63, 3.8) is 0 Å². The molecule has 0 heterocycles. The Kier molecular flexibility index (Phi) is 7.32. The number of carbonyl (C=O) groups excluding carboxylic acids is 1. The van der Waals surface area contributed by atoms with E-state index in [1.165, 1.54) is 0 Å². The highest BCUT2D eigenvalue weighted by molar-refractivity contribution is 5.84. The largest absolute Gasteiger partial charge is 0.492 e. The molecule has 0 saturated heterocycles. The molecule has 0 bridgehead atoms. The summed E-state index contributed by atoms with van der Waals surface area (Å²) in [7, 11) is 0. The van der Waals surface area contributed by atoms with Crippen LogP contribution >= 0.6 is 0 Å². The molecule has 5 nitrogen and oxygen atoms in total. The lowest BCUT2D eigenvalue weighted by atomic mass is 10.3. The van der Waals surface area contributed by atoms with Crippen molar-refractivity contribution in [3.05, 3.63) is 91.0 Å². The van der Waals surface area contributed by atoms with E-state index >= 15 is 0 Å². The van der Waals surface area contributed by atoms with Gasteiger partial charge < -0.3 is 14.4 Å². The Balaban J connectivity index is 1.49. The van der Waals surface area contributed by atoms with Gasteiger partial charge in [-0.1, -0.05) is 54.6 Å². The molecule has 3 aromatic carbocycles. The van der Waals surface area contributed by atoms with E-state index in [2.05, 4.69) is 10.2 Å². The van der Waals surface area contributed by atoms with Crippen LogP contribution in [0, 0.1) is 0 Å². The molecule has 0 aliphatic rings. The van der Waals surface area contributed by atoms with Crippen LogP contribution in [0.4, 0.5) is 16.2 Å². The summed E-state index contributed by atoms with van der Waals surface area (Å²) in [6.07, 6.45) is -0.459. The fraction of sp³-hybridized carbons (Fsp3) is 0.174. The van der Waals surface area contributed by atoms with Crippen LogP contribution in [0.5, 0.6) is 5.75 Å². The molecule has 0 spiro atoms. The number of anilines is 2. The Morgan fingerprint density at radius 3 is 2.00 bits per heavy atom. The van der Waals surface area contributed by atoms with Crippen molar-refractivity contribution in [1.29, 1.82) is 0 Å². The van der Waals surface area contributed by atoms with Crippen LogP contribution < -0.4 is 15.0 Å². The zero-order valence-corrected chi connectivity index (χ0v) is 15.7. The standard InChI is InChI=1S/C23H24N2O3/c26-23(24-20-10-4-1-5-11-20)28-19-17-25(21-12-6-2-7-13-21)16-18-27-22-14-8-3-9-15-22/h1-15H,16-19H2,(H,24,26). The van der Waals surface area contributed by atoms with Gasteiger partial charge in [-0.2, -0.15) is 0 Å². The van der Waals surface area contributed by atoms with Crippen molar-refractivity contribution in [2.24, 2.45) is 0 Å². The number of nitrogens with zero attached hydrogens (tertiary/aromatic N) is 1. The molecule has 1 amide bonds. The number of hydrogen-bond donors (Lipinski definition) is 1. The molecule has 0 aromatic heterocycles. The van der Waals surface area contributed by atoms with E-state index in [0.717, 1.165) is 11.4 Å². The van der Waals surface area contributed by atoms with E-state index in [9.17, 15) is 4.79 Å². The number of para-hydroxylation sites is 3. The van der Waals surface area contributed by atoms with Gasteiger partial charge in [-0.05, 0) is 36.4 Å². The molecule has 3 rings (SSSR count). The number of ether oxygens (including phenoxy) is 2. The zero-order chi connectivity index (χ0) is 19.4. The first kappa shape index (κ1) is 19.3. The number of hydrogen-bond acceptors (Lipinski definition) is 4. The monoisotopic (exact) mass is 376 g/mol. The normalized spacial score (nSPS) is 10.1. The molecule has 0 atom stereocenters. The molecular formula is C23H24N2O3. The number of carbonyl (C=O) groups is 1. The summed E-state index contributed by atoms with van der Waals surface area (Å²) in [4.78, 5) is 14.1. The lowest BCUT2D eigenvalue weighted by molar-refractivity contribution is 0.164. The van der Waals surface area contributed by atoms with E-state index in [1.807, 2.05) is 91.0 Å². The van der Waals surface area contributed by atoms with E-state index in [-0.39, 0.29) is 6.61 Å². The van der Waals surface area contributed by atoms with Crippen LogP contribution in [0.1, 0.15) is 0 Å². The summed E-state index contributed by atoms with van der Waals surface area (Å²) >= 11 is 0. The number of amides is 1. The highest BCUT2D eigenvalue weighted by atomic mass is 16.5. The van der Waals surface area contributed by atoms with Gasteiger partial charge in [-0.15, -0.1) is 0 Å². The van der Waals surface area contributed by atoms with Crippen LogP contribution in [-0.2, 0) is 4.74 Å². The fourth-order valence-corrected chi connectivity index (χ4v) is 2.72. The molecule has 1 N–H and O–H groups in total. The minimum atomic E-state index is -0.459. The number of benzene rings is 3. The topological polar surface area (TPSA) is 50.8 Å². The minimum Gasteiger partial charge on any atom is -0.492 e. The van der Waals surface area contributed by atoms with Crippen molar-refractivity contribution in [1.82, 2.24) is 0 Å². The maximum Gasteiger partial charge on any atom is 0.411 e. The Bertz CT molecular complexity index is 826. The zero-order valence-electron chi connectivity index (χ0n) is 15.7. The third-order valence-corrected chi connectivity index (χ3v) is 4.11. The van der Waals surface area contributed by atoms with Gasteiger partial charge in [0.2, 0.25) is 0 Å². The van der Waals surface area contributed by atoms with E-state index < -0.39 is 6.09 Å². The molecule has 3 aromatic rings. The van der Waals surface area contributed by atoms with Crippen molar-refractivity contribution in [2.45, 2.75) is 0 Å². The molecule has 0 radical (unpaired) electrons. The SMILES string of the molecule is O=C(Nc1ccccc1)OCCN(CCOc1ccccc1)c1ccccc1. The quantitative estimate of drug-likeness (QED) is 0.582. The summed E-state index contributed by atoms with van der Waals surface area (Å²) in [5.74, 6) is 0.842. The van der Waals surface area contributed by atoms with E-state index in [0.29, 0.717) is 25.4 Å². The second-order valence-electron chi connectivity index (χ2n) is 6.11. The molecule has 0 fully saturated rings. The second-order valence-corrected chi connectivity index (χ2v) is 6.11. The van der Waals surface area contributed by atoms with Crippen molar-refractivity contribution in [3.8, 4) is 5.75 Å². The smallest absolute Gasteiger partial charge is 0.411 e. The number of nitrogens with one attached hydrogen (secondary N) is 1. The Hall–Kier alpha value is -3.47. The van der Waals surface area contributed by atoms with Crippen molar-refractivity contribution in [2.75, 3.05) is 36.5 Å². The summed E-state index contributed by atoms with van der Waals surface area (Å²) in [6, 6.07) is 29.0. The lowest BCUT2D eigenvalue weighted by Gasteiger charge is -2.24. The van der Waals surface area contributed by atoms with Crippen LogP contribution in [0.2, 0.25) is 0 Å². The Labute approximate surface area is 165 Å². The van der Waals surface area contributed by atoms with Gasteiger partial charge in [0.25, 0.3) is 0 Å². The minimum absolute atomic E-state index is 0.277. The fourth-order valence-electron chi connectivity index (χ4n) is 2.72. The van der Waals surface area contributed by atoms with Crippen LogP contribution in [0.3, 0.4) is 0 Å². The third-order valence-electron chi connectivity index (χ3n) is 4.11. The predicted octanol–water partition coefficient (Wildman–Crippen LogP) is 4.82. The van der Waals surface area contributed by atoms with Gasteiger partial charge in [0, 0.05) is 11.4 Å². The summed E-state index contributed by atoms with van der Waals surface area (Å²) < 4.78 is 11.1. The van der Waals surface area contributed by atoms with Gasteiger partial charge in [0.15, 0.2) is 0 Å². The maximum absolute atomic E-state index is 12.0. The van der Waals surface area contributed by atoms with Crippen molar-refractivity contribution >= 4 is 17.5 Å². The molecular weight excluding hydrogens is 352 g/mol. The first-order valence-electron chi connectivity index (χ1n) is 9.28. The molecule has 28 heavy (non-hydrogen) atoms. The Morgan fingerprint density at radius 1 is 0.750 bits per heavy atom. The van der Waals surface area contributed by atoms with Crippen molar-refractivity contribution < 1.29 is 14.3 Å². The van der Waals surface area contributed by atoms with Gasteiger partial charge in [0.05, 0.1) is 13.1 Å².